The molecule has 2 aromatic heterocycles. The van der Waals surface area contributed by atoms with Gasteiger partial charge in [0.1, 0.15) is 5.82 Å². The molecule has 31 heavy (non-hydrogen) atoms. The normalized spacial score (nSPS) is 13.2. The highest BCUT2D eigenvalue weighted by Crippen LogP contribution is 2.25. The summed E-state index contributed by atoms with van der Waals surface area (Å²) in [6.45, 7) is 8.42. The molecule has 162 valence electrons. The van der Waals surface area contributed by atoms with Crippen LogP contribution in [0.5, 0.6) is 0 Å². The van der Waals surface area contributed by atoms with Gasteiger partial charge in [-0.15, -0.1) is 5.10 Å². The third kappa shape index (κ3) is 3.86. The van der Waals surface area contributed by atoms with Gasteiger partial charge in [-0.25, -0.2) is 18.4 Å². The molecule has 0 radical (unpaired) electrons. The number of rotatable bonds is 7. The van der Waals surface area contributed by atoms with E-state index in [4.69, 9.17) is 4.98 Å². The molecule has 0 saturated carbocycles. The van der Waals surface area contributed by atoms with Gasteiger partial charge in [-0.05, 0) is 43.7 Å². The lowest BCUT2D eigenvalue weighted by atomic mass is 10.1. The largest absolute Gasteiger partial charge is 0.348 e. The van der Waals surface area contributed by atoms with E-state index in [-0.39, 0.29) is 6.04 Å². The van der Waals surface area contributed by atoms with E-state index >= 15 is 0 Å². The van der Waals surface area contributed by atoms with Crippen LogP contribution in [0.2, 0.25) is 0 Å². The number of hydrogen-bond acceptors (Lipinski definition) is 6. The van der Waals surface area contributed by atoms with Gasteiger partial charge in [-0.2, -0.15) is 8.82 Å². The third-order valence-electron chi connectivity index (χ3n) is 5.35. The van der Waals surface area contributed by atoms with Crippen LogP contribution < -0.4 is 5.32 Å². The van der Waals surface area contributed by atoms with Gasteiger partial charge in [0.25, 0.3) is 0 Å². The molecule has 0 aliphatic heterocycles. The van der Waals surface area contributed by atoms with Crippen molar-refractivity contribution in [2.75, 3.05) is 18.4 Å². The van der Waals surface area contributed by atoms with Crippen LogP contribution in [0.1, 0.15) is 38.2 Å². The molecule has 0 fully saturated rings. The molecule has 4 aromatic rings. The smallest absolute Gasteiger partial charge is 0.243 e. The zero-order valence-electron chi connectivity index (χ0n) is 18.1. The Morgan fingerprint density at radius 2 is 1.71 bits per heavy atom. The predicted molar refractivity (Wildman–Crippen MR) is 122 cm³/mol. The van der Waals surface area contributed by atoms with Gasteiger partial charge in [-0.3, -0.25) is 0 Å². The zero-order chi connectivity index (χ0) is 22.2. The summed E-state index contributed by atoms with van der Waals surface area (Å²) >= 11 is 0. The number of aryl methyl sites for hydroxylation is 1. The van der Waals surface area contributed by atoms with Crippen molar-refractivity contribution in [1.29, 1.82) is 0 Å². The van der Waals surface area contributed by atoms with E-state index in [1.165, 1.54) is 4.31 Å². The predicted octanol–water partition coefficient (Wildman–Crippen LogP) is 3.79. The van der Waals surface area contributed by atoms with E-state index in [2.05, 4.69) is 15.4 Å². The first-order chi connectivity index (χ1) is 14.8. The van der Waals surface area contributed by atoms with Gasteiger partial charge in [0.15, 0.2) is 5.65 Å². The summed E-state index contributed by atoms with van der Waals surface area (Å²) < 4.78 is 28.6. The highest BCUT2D eigenvalue weighted by Gasteiger charge is 2.22. The van der Waals surface area contributed by atoms with Crippen LogP contribution in [0.4, 0.5) is 5.95 Å². The molecular weight excluding hydrogens is 412 g/mol. The summed E-state index contributed by atoms with van der Waals surface area (Å²) in [5.41, 5.74) is 2.52. The van der Waals surface area contributed by atoms with Gasteiger partial charge in [0, 0.05) is 18.5 Å². The first-order valence-electron chi connectivity index (χ1n) is 10.3. The minimum Gasteiger partial charge on any atom is -0.348 e. The Bertz CT molecular complexity index is 1330. The van der Waals surface area contributed by atoms with Gasteiger partial charge in [-0.1, -0.05) is 38.1 Å². The number of hydrogen-bond donors (Lipinski definition) is 1. The van der Waals surface area contributed by atoms with E-state index < -0.39 is 10.0 Å². The topological polar surface area (TPSA) is 92.5 Å². The third-order valence-corrected chi connectivity index (χ3v) is 7.42. The summed E-state index contributed by atoms with van der Waals surface area (Å²) in [5, 5.41) is 8.83. The first kappa shape index (κ1) is 21.2. The molecule has 0 saturated heterocycles. The Morgan fingerprint density at radius 3 is 2.39 bits per heavy atom. The maximum atomic E-state index is 12.7. The molecule has 0 spiro atoms. The number of nitrogens with zero attached hydrogens (tertiary/aromatic N) is 5. The maximum absolute atomic E-state index is 12.7. The molecule has 0 aliphatic carbocycles. The zero-order valence-corrected chi connectivity index (χ0v) is 18.9. The molecule has 1 atom stereocenters. The van der Waals surface area contributed by atoms with E-state index in [9.17, 15) is 8.42 Å². The lowest BCUT2D eigenvalue weighted by Gasteiger charge is -2.19. The summed E-state index contributed by atoms with van der Waals surface area (Å²) in [5.74, 6) is 1.25. The number of anilines is 1. The van der Waals surface area contributed by atoms with Crippen LogP contribution in [0.25, 0.3) is 16.6 Å². The van der Waals surface area contributed by atoms with Gasteiger partial charge < -0.3 is 5.32 Å². The SMILES string of the molecule is CCN(CC)S(=O)(=O)c1ccc(C(C)Nc2nc3ccccc3c3nc(C)nn23)cc1. The quantitative estimate of drug-likeness (QED) is 0.472. The average Bonchev–Trinajstić information content (AvgIpc) is 3.16. The van der Waals surface area contributed by atoms with Gasteiger partial charge in [0.2, 0.25) is 16.0 Å². The molecule has 2 aromatic carbocycles. The molecule has 0 bridgehead atoms. The Hall–Kier alpha value is -3.04. The molecule has 0 aliphatic rings. The van der Waals surface area contributed by atoms with Crippen molar-refractivity contribution in [3.63, 3.8) is 0 Å². The number of benzene rings is 2. The molecule has 1 N–H and O–H groups in total. The van der Waals surface area contributed by atoms with E-state index in [0.717, 1.165) is 22.1 Å². The van der Waals surface area contributed by atoms with E-state index in [1.54, 1.807) is 16.6 Å². The van der Waals surface area contributed by atoms with Crippen LogP contribution in [-0.4, -0.2) is 45.4 Å². The van der Waals surface area contributed by atoms with Gasteiger partial charge in [0.05, 0.1) is 16.5 Å². The number of fused-ring (bicyclic) bond motifs is 3. The summed E-state index contributed by atoms with van der Waals surface area (Å²) in [4.78, 5) is 9.58. The molecule has 0 amide bonds. The fraction of sp³-hybridized carbons (Fsp3) is 0.318. The molecule has 2 heterocycles. The van der Waals surface area contributed by atoms with E-state index in [1.807, 2.05) is 64.1 Å². The number of sulfonamides is 1. The number of nitrogens with one attached hydrogen (secondary N) is 1. The second-order valence-corrected chi connectivity index (χ2v) is 9.31. The first-order valence-corrected chi connectivity index (χ1v) is 11.8. The number of para-hydroxylation sites is 1. The molecular formula is C22H26N6O2S. The van der Waals surface area contributed by atoms with Crippen molar-refractivity contribution < 1.29 is 8.42 Å². The lowest BCUT2D eigenvalue weighted by Crippen LogP contribution is -2.30. The summed E-state index contributed by atoms with van der Waals surface area (Å²) in [7, 11) is -3.47. The fourth-order valence-corrected chi connectivity index (χ4v) is 5.13. The number of aromatic nitrogens is 4. The maximum Gasteiger partial charge on any atom is 0.243 e. The van der Waals surface area contributed by atoms with Crippen molar-refractivity contribution in [3.8, 4) is 0 Å². The molecule has 8 nitrogen and oxygen atoms in total. The Labute approximate surface area is 182 Å². The summed E-state index contributed by atoms with van der Waals surface area (Å²) in [6, 6.07) is 14.7. The Kier molecular flexibility index (Phi) is 5.63. The monoisotopic (exact) mass is 438 g/mol. The van der Waals surface area contributed by atoms with Crippen LogP contribution in [0.15, 0.2) is 53.4 Å². The highest BCUT2D eigenvalue weighted by atomic mass is 32.2. The van der Waals surface area contributed by atoms with Crippen molar-refractivity contribution in [2.24, 2.45) is 0 Å². The Morgan fingerprint density at radius 1 is 1.03 bits per heavy atom. The van der Waals surface area contributed by atoms with Crippen molar-refractivity contribution in [3.05, 3.63) is 59.9 Å². The molecule has 9 heteroatoms. The van der Waals surface area contributed by atoms with Crippen molar-refractivity contribution in [2.45, 2.75) is 38.6 Å². The second-order valence-electron chi connectivity index (χ2n) is 7.37. The average molecular weight is 439 g/mol. The van der Waals surface area contributed by atoms with E-state index in [0.29, 0.717) is 29.8 Å². The van der Waals surface area contributed by atoms with Gasteiger partial charge >= 0.3 is 0 Å². The van der Waals surface area contributed by atoms with Crippen LogP contribution in [-0.2, 0) is 10.0 Å². The lowest BCUT2D eigenvalue weighted by molar-refractivity contribution is 0.445. The fourth-order valence-electron chi connectivity index (χ4n) is 3.67. The summed E-state index contributed by atoms with van der Waals surface area (Å²) in [6.07, 6.45) is 0. The van der Waals surface area contributed by atoms with Crippen molar-refractivity contribution >= 4 is 32.5 Å². The molecule has 4 rings (SSSR count). The minimum absolute atomic E-state index is 0.119. The molecule has 1 unspecified atom stereocenters. The highest BCUT2D eigenvalue weighted by molar-refractivity contribution is 7.89. The Balaban J connectivity index is 1.65. The van der Waals surface area contributed by atoms with Crippen LogP contribution in [0.3, 0.4) is 0 Å². The van der Waals surface area contributed by atoms with Crippen LogP contribution >= 0.6 is 0 Å². The van der Waals surface area contributed by atoms with Crippen LogP contribution in [0, 0.1) is 6.92 Å². The minimum atomic E-state index is -3.47. The van der Waals surface area contributed by atoms with Crippen molar-refractivity contribution in [1.82, 2.24) is 23.9 Å². The second kappa shape index (κ2) is 8.24. The standard InChI is InChI=1S/C22H26N6O2S/c1-5-27(6-2)31(29,30)18-13-11-17(12-14-18)15(3)23-22-25-20-10-8-7-9-19(20)21-24-16(4)26-28(21)22/h7-15H,5-6H2,1-4H3,(H,23,25).